The van der Waals surface area contributed by atoms with Crippen LogP contribution >= 0.6 is 11.3 Å². The fraction of sp³-hybridized carbons (Fsp3) is 0. The lowest BCUT2D eigenvalue weighted by Crippen LogP contribution is -2.19. The number of amides is 3. The second kappa shape index (κ2) is 6.48. The smallest absolute Gasteiger partial charge is 0.316 e. The zero-order valence-electron chi connectivity index (χ0n) is 10.4. The molecule has 0 radical (unpaired) electrons. The summed E-state index contributed by atoms with van der Waals surface area (Å²) < 4.78 is 0. The first kappa shape index (κ1) is 13.8. The molecule has 3 amide bonds. The van der Waals surface area contributed by atoms with Crippen molar-refractivity contribution >= 4 is 40.7 Å². The van der Waals surface area contributed by atoms with Gasteiger partial charge in [-0.3, -0.25) is 4.79 Å². The lowest BCUT2D eigenvalue weighted by Gasteiger charge is -2.05. The summed E-state index contributed by atoms with van der Waals surface area (Å²) in [7, 11) is 0. The van der Waals surface area contributed by atoms with Gasteiger partial charge in [0.05, 0.1) is 11.2 Å². The normalized spacial score (nSPS) is 10.4. The number of nitrogens with zero attached hydrogens (tertiary/aromatic N) is 1. The molecule has 0 atom stereocenters. The van der Waals surface area contributed by atoms with E-state index in [9.17, 15) is 9.59 Å². The molecule has 7 heteroatoms. The quantitative estimate of drug-likeness (QED) is 0.753. The van der Waals surface area contributed by atoms with Gasteiger partial charge in [-0.1, -0.05) is 6.07 Å². The molecule has 0 aliphatic rings. The van der Waals surface area contributed by atoms with Gasteiger partial charge in [0.1, 0.15) is 0 Å². The molecule has 0 unspecified atom stereocenters. The number of aromatic nitrogens is 1. The van der Waals surface area contributed by atoms with Gasteiger partial charge < -0.3 is 16.4 Å². The van der Waals surface area contributed by atoms with Crippen LogP contribution in [0.15, 0.2) is 41.2 Å². The first-order valence-corrected chi connectivity index (χ1v) is 6.61. The molecule has 102 valence electrons. The van der Waals surface area contributed by atoms with Gasteiger partial charge in [-0.05, 0) is 24.3 Å². The number of rotatable bonds is 4. The monoisotopic (exact) mass is 288 g/mol. The van der Waals surface area contributed by atoms with E-state index in [0.29, 0.717) is 11.4 Å². The van der Waals surface area contributed by atoms with Gasteiger partial charge in [0.2, 0.25) is 5.91 Å². The van der Waals surface area contributed by atoms with Gasteiger partial charge in [0, 0.05) is 22.8 Å². The standard InChI is InChI=1S/C13H12N4O2S/c14-13(19)17-10-3-1-2-9(6-10)16-12(18)5-4-11-7-20-8-15-11/h1-8H,(H,16,18)(H3,14,17,19)/b5-4+. The third-order valence-corrected chi connectivity index (χ3v) is 2.86. The van der Waals surface area contributed by atoms with Crippen molar-refractivity contribution in [3.05, 3.63) is 46.9 Å². The van der Waals surface area contributed by atoms with Crippen LogP contribution in [0.25, 0.3) is 6.08 Å². The number of hydrogen-bond acceptors (Lipinski definition) is 4. The van der Waals surface area contributed by atoms with Crippen LogP contribution in [0.1, 0.15) is 5.69 Å². The van der Waals surface area contributed by atoms with Gasteiger partial charge in [0.25, 0.3) is 0 Å². The predicted octanol–water partition coefficient (Wildman–Crippen LogP) is 2.29. The van der Waals surface area contributed by atoms with E-state index >= 15 is 0 Å². The molecule has 0 aliphatic carbocycles. The summed E-state index contributed by atoms with van der Waals surface area (Å²) >= 11 is 1.46. The van der Waals surface area contributed by atoms with Crippen molar-refractivity contribution < 1.29 is 9.59 Å². The summed E-state index contributed by atoms with van der Waals surface area (Å²) in [6.07, 6.45) is 3.01. The number of benzene rings is 1. The number of primary amides is 1. The van der Waals surface area contributed by atoms with Crippen LogP contribution in [0.4, 0.5) is 16.2 Å². The highest BCUT2D eigenvalue weighted by Gasteiger charge is 2.01. The van der Waals surface area contributed by atoms with E-state index in [1.807, 2.05) is 5.38 Å². The lowest BCUT2D eigenvalue weighted by molar-refractivity contribution is -0.111. The van der Waals surface area contributed by atoms with Crippen LogP contribution in [0, 0.1) is 0 Å². The molecule has 0 aliphatic heterocycles. The highest BCUT2D eigenvalue weighted by atomic mass is 32.1. The molecule has 0 spiro atoms. The second-order valence-corrected chi connectivity index (χ2v) is 4.52. The van der Waals surface area contributed by atoms with Gasteiger partial charge in [-0.15, -0.1) is 11.3 Å². The van der Waals surface area contributed by atoms with Crippen molar-refractivity contribution in [2.45, 2.75) is 0 Å². The molecule has 0 bridgehead atoms. The Kier molecular flexibility index (Phi) is 4.46. The highest BCUT2D eigenvalue weighted by molar-refractivity contribution is 7.07. The Labute approximate surface area is 119 Å². The van der Waals surface area contributed by atoms with E-state index in [1.165, 1.54) is 17.4 Å². The van der Waals surface area contributed by atoms with Crippen LogP contribution < -0.4 is 16.4 Å². The molecule has 2 aromatic rings. The van der Waals surface area contributed by atoms with E-state index in [0.717, 1.165) is 5.69 Å². The van der Waals surface area contributed by atoms with Crippen molar-refractivity contribution in [1.82, 2.24) is 4.98 Å². The predicted molar refractivity (Wildman–Crippen MR) is 79.4 cm³/mol. The SMILES string of the molecule is NC(=O)Nc1cccc(NC(=O)/C=C/c2cscn2)c1. The number of thiazole rings is 1. The largest absolute Gasteiger partial charge is 0.351 e. The Morgan fingerprint density at radius 1 is 1.25 bits per heavy atom. The fourth-order valence-corrected chi connectivity index (χ4v) is 1.99. The van der Waals surface area contributed by atoms with Gasteiger partial charge in [-0.25, -0.2) is 9.78 Å². The molecule has 1 heterocycles. The molecule has 1 aromatic heterocycles. The maximum Gasteiger partial charge on any atom is 0.316 e. The zero-order chi connectivity index (χ0) is 14.4. The lowest BCUT2D eigenvalue weighted by atomic mass is 10.2. The van der Waals surface area contributed by atoms with Crippen molar-refractivity contribution in [3.8, 4) is 0 Å². The maximum absolute atomic E-state index is 11.7. The number of urea groups is 1. The third kappa shape index (κ3) is 4.21. The Hall–Kier alpha value is -2.67. The van der Waals surface area contributed by atoms with Crippen molar-refractivity contribution in [1.29, 1.82) is 0 Å². The van der Waals surface area contributed by atoms with Crippen LogP contribution in [0.5, 0.6) is 0 Å². The Bertz CT molecular complexity index is 638. The molecule has 6 nitrogen and oxygen atoms in total. The average molecular weight is 288 g/mol. The molecule has 1 aromatic carbocycles. The second-order valence-electron chi connectivity index (χ2n) is 3.81. The molecule has 2 rings (SSSR count). The Morgan fingerprint density at radius 3 is 2.65 bits per heavy atom. The number of nitrogens with one attached hydrogen (secondary N) is 2. The fourth-order valence-electron chi connectivity index (χ4n) is 1.47. The summed E-state index contributed by atoms with van der Waals surface area (Å²) in [5.74, 6) is -0.283. The minimum atomic E-state index is -0.656. The molecule has 0 saturated heterocycles. The van der Waals surface area contributed by atoms with Crippen molar-refractivity contribution in [2.24, 2.45) is 5.73 Å². The number of anilines is 2. The first-order valence-electron chi connectivity index (χ1n) is 5.67. The van der Waals surface area contributed by atoms with Gasteiger partial charge in [-0.2, -0.15) is 0 Å². The summed E-state index contributed by atoms with van der Waals surface area (Å²) in [6.45, 7) is 0. The molecule has 0 fully saturated rings. The van der Waals surface area contributed by atoms with Crippen molar-refractivity contribution in [3.63, 3.8) is 0 Å². The van der Waals surface area contributed by atoms with Crippen molar-refractivity contribution in [2.75, 3.05) is 10.6 Å². The molecular weight excluding hydrogens is 276 g/mol. The topological polar surface area (TPSA) is 97.1 Å². The van der Waals surface area contributed by atoms with Crippen LogP contribution in [0.3, 0.4) is 0 Å². The number of nitrogens with two attached hydrogens (primary N) is 1. The maximum atomic E-state index is 11.7. The van der Waals surface area contributed by atoms with Gasteiger partial charge >= 0.3 is 6.03 Å². The van der Waals surface area contributed by atoms with E-state index in [4.69, 9.17) is 5.73 Å². The third-order valence-electron chi connectivity index (χ3n) is 2.25. The van der Waals surface area contributed by atoms with E-state index in [1.54, 1.807) is 35.9 Å². The van der Waals surface area contributed by atoms with Crippen LogP contribution in [-0.4, -0.2) is 16.9 Å². The molecular formula is C13H12N4O2S. The van der Waals surface area contributed by atoms with E-state index in [-0.39, 0.29) is 5.91 Å². The van der Waals surface area contributed by atoms with E-state index < -0.39 is 6.03 Å². The molecule has 0 saturated carbocycles. The van der Waals surface area contributed by atoms with E-state index in [2.05, 4.69) is 15.6 Å². The summed E-state index contributed by atoms with van der Waals surface area (Å²) in [5.41, 5.74) is 8.52. The Balaban J connectivity index is 1.99. The summed E-state index contributed by atoms with van der Waals surface area (Å²) in [5, 5.41) is 6.94. The average Bonchev–Trinajstić information content (AvgIpc) is 2.89. The number of hydrogen-bond donors (Lipinski definition) is 3. The first-order chi connectivity index (χ1) is 9.63. The molecule has 20 heavy (non-hydrogen) atoms. The highest BCUT2D eigenvalue weighted by Crippen LogP contribution is 2.15. The van der Waals surface area contributed by atoms with Crippen LogP contribution in [-0.2, 0) is 4.79 Å². The summed E-state index contributed by atoms with van der Waals surface area (Å²) in [4.78, 5) is 26.5. The minimum Gasteiger partial charge on any atom is -0.351 e. The number of carbonyl (C=O) groups excluding carboxylic acids is 2. The Morgan fingerprint density at radius 2 is 2.00 bits per heavy atom. The van der Waals surface area contributed by atoms with Gasteiger partial charge in [0.15, 0.2) is 0 Å². The van der Waals surface area contributed by atoms with Crippen LogP contribution in [0.2, 0.25) is 0 Å². The zero-order valence-corrected chi connectivity index (χ0v) is 11.2. The number of carbonyl (C=O) groups is 2. The molecule has 4 N–H and O–H groups in total. The minimum absolute atomic E-state index is 0.283. The summed E-state index contributed by atoms with van der Waals surface area (Å²) in [6, 6.07) is 6.04.